The first-order valence-electron chi connectivity index (χ1n) is 7.42. The minimum atomic E-state index is -0.550. The number of halogens is 1. The van der Waals surface area contributed by atoms with Gasteiger partial charge in [-0.05, 0) is 24.3 Å². The molecular weight excluding hydrogens is 336 g/mol. The third-order valence-corrected chi connectivity index (χ3v) is 3.87. The van der Waals surface area contributed by atoms with Crippen LogP contribution in [0.25, 0.3) is 0 Å². The van der Waals surface area contributed by atoms with Gasteiger partial charge in [-0.2, -0.15) is 0 Å². The van der Waals surface area contributed by atoms with E-state index in [1.54, 1.807) is 24.3 Å². The van der Waals surface area contributed by atoms with Crippen molar-refractivity contribution < 1.29 is 28.5 Å². The molecule has 2 aliphatic rings. The summed E-state index contributed by atoms with van der Waals surface area (Å²) in [5, 5.41) is 0.312. The van der Waals surface area contributed by atoms with Gasteiger partial charge in [-0.1, -0.05) is 11.6 Å². The second kappa shape index (κ2) is 6.13. The molecule has 24 heavy (non-hydrogen) atoms. The molecule has 2 heterocycles. The molecule has 6 nitrogen and oxygen atoms in total. The number of hydrogen-bond acceptors (Lipinski definition) is 6. The number of ether oxygens (including phenoxy) is 5. The Balaban J connectivity index is 1.58. The number of rotatable bonds is 2. The highest BCUT2D eigenvalue weighted by atomic mass is 35.5. The van der Waals surface area contributed by atoms with E-state index in [1.807, 2.05) is 0 Å². The summed E-state index contributed by atoms with van der Waals surface area (Å²) in [7, 11) is 0. The summed E-state index contributed by atoms with van der Waals surface area (Å²) in [6.45, 7) is 1.18. The van der Waals surface area contributed by atoms with E-state index >= 15 is 0 Å². The highest BCUT2D eigenvalue weighted by Crippen LogP contribution is 2.39. The molecule has 7 heteroatoms. The van der Waals surface area contributed by atoms with Crippen LogP contribution < -0.4 is 23.7 Å². The van der Waals surface area contributed by atoms with Gasteiger partial charge in [0, 0.05) is 12.5 Å². The fraction of sp³-hybridized carbons (Fsp3) is 0.235. The summed E-state index contributed by atoms with van der Waals surface area (Å²) in [6.07, 6.45) is 0.752. The van der Waals surface area contributed by atoms with E-state index < -0.39 is 5.97 Å². The zero-order valence-electron chi connectivity index (χ0n) is 12.5. The largest absolute Gasteiger partial charge is 0.489 e. The third-order valence-electron chi connectivity index (χ3n) is 3.59. The number of fused-ring (bicyclic) bond motifs is 2. The van der Waals surface area contributed by atoms with Crippen molar-refractivity contribution in [2.24, 2.45) is 0 Å². The predicted molar refractivity (Wildman–Crippen MR) is 84.6 cm³/mol. The van der Waals surface area contributed by atoms with E-state index in [9.17, 15) is 4.79 Å². The molecule has 0 N–H and O–H groups in total. The lowest BCUT2D eigenvalue weighted by atomic mass is 10.2. The molecule has 0 aliphatic carbocycles. The van der Waals surface area contributed by atoms with Gasteiger partial charge >= 0.3 is 5.97 Å². The van der Waals surface area contributed by atoms with Gasteiger partial charge in [0.2, 0.25) is 6.79 Å². The molecule has 0 atom stereocenters. The standard InChI is InChI=1S/C17H13ClO6/c18-12-6-10(7-15-16(12)21-5-1-4-20-15)17(19)24-11-2-3-13-14(8-11)23-9-22-13/h2-3,6-8H,1,4-5,9H2. The van der Waals surface area contributed by atoms with Crippen LogP contribution in [-0.2, 0) is 0 Å². The second-order valence-electron chi connectivity index (χ2n) is 5.24. The first-order chi connectivity index (χ1) is 11.7. The van der Waals surface area contributed by atoms with Crippen molar-refractivity contribution in [2.45, 2.75) is 6.42 Å². The van der Waals surface area contributed by atoms with Crippen LogP contribution in [-0.4, -0.2) is 26.0 Å². The molecule has 124 valence electrons. The van der Waals surface area contributed by atoms with E-state index in [0.717, 1.165) is 6.42 Å². The molecule has 4 rings (SSSR count). The van der Waals surface area contributed by atoms with Crippen LogP contribution >= 0.6 is 11.6 Å². The van der Waals surface area contributed by atoms with Crippen LogP contribution in [0.15, 0.2) is 30.3 Å². The lowest BCUT2D eigenvalue weighted by Gasteiger charge is -2.11. The monoisotopic (exact) mass is 348 g/mol. The molecular formula is C17H13ClO6. The van der Waals surface area contributed by atoms with Crippen LogP contribution in [0.2, 0.25) is 5.02 Å². The maximum atomic E-state index is 12.4. The molecule has 0 saturated heterocycles. The summed E-state index contributed by atoms with van der Waals surface area (Å²) < 4.78 is 27.0. The van der Waals surface area contributed by atoms with E-state index in [1.165, 1.54) is 6.07 Å². The van der Waals surface area contributed by atoms with Crippen molar-refractivity contribution >= 4 is 17.6 Å². The summed E-state index contributed by atoms with van der Waals surface area (Å²) in [5.74, 6) is 1.86. The first-order valence-corrected chi connectivity index (χ1v) is 7.79. The van der Waals surface area contributed by atoms with E-state index in [0.29, 0.717) is 47.0 Å². The quantitative estimate of drug-likeness (QED) is 0.612. The fourth-order valence-corrected chi connectivity index (χ4v) is 2.72. The minimum absolute atomic E-state index is 0.157. The maximum Gasteiger partial charge on any atom is 0.343 e. The van der Waals surface area contributed by atoms with Crippen molar-refractivity contribution in [3.8, 4) is 28.7 Å². The highest BCUT2D eigenvalue weighted by molar-refractivity contribution is 6.32. The first kappa shape index (κ1) is 15.0. The van der Waals surface area contributed by atoms with Gasteiger partial charge in [0.15, 0.2) is 23.0 Å². The predicted octanol–water partition coefficient (Wildman–Crippen LogP) is 3.45. The average molecular weight is 349 g/mol. The van der Waals surface area contributed by atoms with Gasteiger partial charge in [0.25, 0.3) is 0 Å². The molecule has 0 aromatic heterocycles. The summed E-state index contributed by atoms with van der Waals surface area (Å²) in [4.78, 5) is 12.4. The zero-order chi connectivity index (χ0) is 16.5. The van der Waals surface area contributed by atoms with Crippen LogP contribution in [0.1, 0.15) is 16.8 Å². The smallest absolute Gasteiger partial charge is 0.343 e. The highest BCUT2D eigenvalue weighted by Gasteiger charge is 2.20. The van der Waals surface area contributed by atoms with Crippen molar-refractivity contribution in [2.75, 3.05) is 20.0 Å². The molecule has 0 amide bonds. The molecule has 0 spiro atoms. The molecule has 0 unspecified atom stereocenters. The summed E-state index contributed by atoms with van der Waals surface area (Å²) >= 11 is 6.19. The van der Waals surface area contributed by atoms with Gasteiger partial charge < -0.3 is 23.7 Å². The van der Waals surface area contributed by atoms with Crippen molar-refractivity contribution in [3.05, 3.63) is 40.9 Å². The van der Waals surface area contributed by atoms with Gasteiger partial charge in [-0.25, -0.2) is 4.79 Å². The number of esters is 1. The van der Waals surface area contributed by atoms with Gasteiger partial charge in [0.1, 0.15) is 5.75 Å². The van der Waals surface area contributed by atoms with E-state index in [2.05, 4.69) is 0 Å². The van der Waals surface area contributed by atoms with Crippen LogP contribution in [0.5, 0.6) is 28.7 Å². The molecule has 2 aromatic rings. The number of carbonyl (C=O) groups excluding carboxylic acids is 1. The lowest BCUT2D eigenvalue weighted by molar-refractivity contribution is 0.0734. The Hall–Kier alpha value is -2.60. The summed E-state index contributed by atoms with van der Waals surface area (Å²) in [5.41, 5.74) is 0.280. The van der Waals surface area contributed by atoms with Crippen molar-refractivity contribution in [3.63, 3.8) is 0 Å². The Morgan fingerprint density at radius 1 is 0.958 bits per heavy atom. The third kappa shape index (κ3) is 2.80. The molecule has 0 radical (unpaired) electrons. The van der Waals surface area contributed by atoms with Crippen molar-refractivity contribution in [1.29, 1.82) is 0 Å². The fourth-order valence-electron chi connectivity index (χ4n) is 2.45. The molecule has 0 bridgehead atoms. The normalized spacial score (nSPS) is 14.9. The number of benzene rings is 2. The zero-order valence-corrected chi connectivity index (χ0v) is 13.3. The summed E-state index contributed by atoms with van der Waals surface area (Å²) in [6, 6.07) is 8.00. The van der Waals surface area contributed by atoms with Gasteiger partial charge in [-0.15, -0.1) is 0 Å². The Bertz CT molecular complexity index is 804. The SMILES string of the molecule is O=C(Oc1ccc2c(c1)OCO2)c1cc(Cl)c2c(c1)OCCCO2. The lowest BCUT2D eigenvalue weighted by Crippen LogP contribution is -2.09. The van der Waals surface area contributed by atoms with Crippen LogP contribution in [0.3, 0.4) is 0 Å². The van der Waals surface area contributed by atoms with Gasteiger partial charge in [0.05, 0.1) is 23.8 Å². The average Bonchev–Trinajstić information content (AvgIpc) is 2.90. The molecule has 2 aliphatic heterocycles. The Morgan fingerprint density at radius 3 is 2.71 bits per heavy atom. The topological polar surface area (TPSA) is 63.2 Å². The number of carbonyl (C=O) groups is 1. The maximum absolute atomic E-state index is 12.4. The minimum Gasteiger partial charge on any atom is -0.489 e. The Morgan fingerprint density at radius 2 is 1.79 bits per heavy atom. The van der Waals surface area contributed by atoms with E-state index in [4.69, 9.17) is 35.3 Å². The molecule has 0 fully saturated rings. The second-order valence-corrected chi connectivity index (χ2v) is 5.65. The van der Waals surface area contributed by atoms with Gasteiger partial charge in [-0.3, -0.25) is 0 Å². The molecule has 0 saturated carbocycles. The van der Waals surface area contributed by atoms with Crippen LogP contribution in [0, 0.1) is 0 Å². The molecule has 2 aromatic carbocycles. The number of hydrogen-bond donors (Lipinski definition) is 0. The van der Waals surface area contributed by atoms with E-state index in [-0.39, 0.29) is 12.4 Å². The Labute approximate surface area is 142 Å². The Kier molecular flexibility index (Phi) is 3.82. The van der Waals surface area contributed by atoms with Crippen molar-refractivity contribution in [1.82, 2.24) is 0 Å². The van der Waals surface area contributed by atoms with Crippen LogP contribution in [0.4, 0.5) is 0 Å².